The third-order valence-electron chi connectivity index (χ3n) is 4.98. The highest BCUT2D eigenvalue weighted by Crippen LogP contribution is 2.27. The summed E-state index contributed by atoms with van der Waals surface area (Å²) in [6, 6.07) is 19.9. The minimum Gasteiger partial charge on any atom is -0.497 e. The van der Waals surface area contributed by atoms with Crippen molar-refractivity contribution in [1.82, 2.24) is 4.90 Å². The lowest BCUT2D eigenvalue weighted by Crippen LogP contribution is -2.33. The van der Waals surface area contributed by atoms with Crippen LogP contribution in [-0.2, 0) is 0 Å². The molecule has 1 heterocycles. The third kappa shape index (κ3) is 3.90. The van der Waals surface area contributed by atoms with Gasteiger partial charge in [0.25, 0.3) is 0 Å². The van der Waals surface area contributed by atoms with Crippen LogP contribution in [0.25, 0.3) is 0 Å². The van der Waals surface area contributed by atoms with Crippen LogP contribution >= 0.6 is 0 Å². The Bertz CT molecular complexity index is 611. The summed E-state index contributed by atoms with van der Waals surface area (Å²) < 4.78 is 5.27. The van der Waals surface area contributed by atoms with Crippen LogP contribution in [0.3, 0.4) is 0 Å². The van der Waals surface area contributed by atoms with Gasteiger partial charge in [0.15, 0.2) is 0 Å². The van der Waals surface area contributed by atoms with Gasteiger partial charge in [-0.25, -0.2) is 0 Å². The maximum atomic E-state index is 5.27. The van der Waals surface area contributed by atoms with Crippen molar-refractivity contribution in [3.8, 4) is 5.75 Å². The van der Waals surface area contributed by atoms with Crippen LogP contribution in [0.5, 0.6) is 5.75 Å². The summed E-state index contributed by atoms with van der Waals surface area (Å²) in [5, 5.41) is 0. The number of hydrogen-bond donors (Lipinski definition) is 0. The molecule has 3 nitrogen and oxygen atoms in total. The SMILES string of the molecule is CC[C@@H](c1ccccc1)N1CCCN(c2ccc(OC)cc2)CC1. The summed E-state index contributed by atoms with van der Waals surface area (Å²) in [5.74, 6) is 0.922. The Kier molecular flexibility index (Phi) is 5.76. The quantitative estimate of drug-likeness (QED) is 0.813. The first-order valence-corrected chi connectivity index (χ1v) is 9.00. The number of rotatable bonds is 5. The molecular weight excluding hydrogens is 296 g/mol. The Morgan fingerprint density at radius 2 is 1.67 bits per heavy atom. The zero-order valence-electron chi connectivity index (χ0n) is 14.8. The summed E-state index contributed by atoms with van der Waals surface area (Å²) in [6.07, 6.45) is 2.36. The van der Waals surface area contributed by atoms with Gasteiger partial charge >= 0.3 is 0 Å². The van der Waals surface area contributed by atoms with Gasteiger partial charge in [-0.15, -0.1) is 0 Å². The molecular formula is C21H28N2O. The zero-order valence-corrected chi connectivity index (χ0v) is 14.8. The second-order valence-electron chi connectivity index (χ2n) is 6.41. The van der Waals surface area contributed by atoms with Crippen LogP contribution in [-0.4, -0.2) is 38.2 Å². The van der Waals surface area contributed by atoms with E-state index in [9.17, 15) is 0 Å². The molecule has 0 aromatic heterocycles. The standard InChI is InChI=1S/C21H28N2O/c1-3-21(18-8-5-4-6-9-18)23-15-7-14-22(16-17-23)19-10-12-20(24-2)13-11-19/h4-6,8-13,21H,3,7,14-17H2,1-2H3/t21-/m0/s1. The van der Waals surface area contributed by atoms with Crippen molar-refractivity contribution in [2.45, 2.75) is 25.8 Å². The van der Waals surface area contributed by atoms with E-state index in [1.165, 1.54) is 24.2 Å². The average Bonchev–Trinajstić information content (AvgIpc) is 2.90. The van der Waals surface area contributed by atoms with Crippen LogP contribution < -0.4 is 9.64 Å². The highest BCUT2D eigenvalue weighted by atomic mass is 16.5. The van der Waals surface area contributed by atoms with Crippen LogP contribution in [0.1, 0.15) is 31.4 Å². The zero-order chi connectivity index (χ0) is 16.8. The first-order chi connectivity index (χ1) is 11.8. The fourth-order valence-corrected chi connectivity index (χ4v) is 3.68. The Morgan fingerprint density at radius 3 is 2.33 bits per heavy atom. The van der Waals surface area contributed by atoms with Crippen LogP contribution in [0.2, 0.25) is 0 Å². The van der Waals surface area contributed by atoms with E-state index in [1.807, 2.05) is 0 Å². The van der Waals surface area contributed by atoms with Crippen LogP contribution in [0.4, 0.5) is 5.69 Å². The molecule has 1 aliphatic rings. The molecule has 1 aliphatic heterocycles. The Labute approximate surface area is 145 Å². The van der Waals surface area contributed by atoms with Gasteiger partial charge in [0.05, 0.1) is 7.11 Å². The van der Waals surface area contributed by atoms with E-state index in [2.05, 4.69) is 71.3 Å². The van der Waals surface area contributed by atoms with E-state index >= 15 is 0 Å². The van der Waals surface area contributed by atoms with Gasteiger partial charge in [-0.05, 0) is 42.7 Å². The smallest absolute Gasteiger partial charge is 0.119 e. The first-order valence-electron chi connectivity index (χ1n) is 9.00. The lowest BCUT2D eigenvalue weighted by atomic mass is 10.0. The summed E-state index contributed by atoms with van der Waals surface area (Å²) in [4.78, 5) is 5.15. The number of ether oxygens (including phenoxy) is 1. The maximum Gasteiger partial charge on any atom is 0.119 e. The molecule has 0 amide bonds. The topological polar surface area (TPSA) is 15.7 Å². The molecule has 3 rings (SSSR count). The second-order valence-corrected chi connectivity index (χ2v) is 6.41. The van der Waals surface area contributed by atoms with Crippen molar-refractivity contribution in [2.75, 3.05) is 38.2 Å². The molecule has 3 heteroatoms. The highest BCUT2D eigenvalue weighted by molar-refractivity contribution is 5.49. The van der Waals surface area contributed by atoms with Gasteiger partial charge in [-0.1, -0.05) is 37.3 Å². The number of hydrogen-bond acceptors (Lipinski definition) is 3. The molecule has 128 valence electrons. The van der Waals surface area contributed by atoms with Crippen molar-refractivity contribution in [3.05, 3.63) is 60.2 Å². The van der Waals surface area contributed by atoms with E-state index in [0.29, 0.717) is 6.04 Å². The molecule has 1 saturated heterocycles. The molecule has 0 saturated carbocycles. The molecule has 0 N–H and O–H groups in total. The van der Waals surface area contributed by atoms with Gasteiger partial charge in [0.1, 0.15) is 5.75 Å². The molecule has 24 heavy (non-hydrogen) atoms. The number of methoxy groups -OCH3 is 1. The first kappa shape index (κ1) is 16.8. The Balaban J connectivity index is 1.67. The van der Waals surface area contributed by atoms with Gasteiger partial charge in [0, 0.05) is 37.9 Å². The fourth-order valence-electron chi connectivity index (χ4n) is 3.68. The molecule has 0 bridgehead atoms. The molecule has 0 unspecified atom stereocenters. The van der Waals surface area contributed by atoms with Crippen LogP contribution in [0, 0.1) is 0 Å². The molecule has 2 aromatic rings. The number of benzene rings is 2. The normalized spacial score (nSPS) is 17.3. The van der Waals surface area contributed by atoms with Crippen molar-refractivity contribution in [2.24, 2.45) is 0 Å². The Morgan fingerprint density at radius 1 is 0.917 bits per heavy atom. The van der Waals surface area contributed by atoms with Gasteiger partial charge in [-0.2, -0.15) is 0 Å². The van der Waals surface area contributed by atoms with Gasteiger partial charge in [-0.3, -0.25) is 4.90 Å². The summed E-state index contributed by atoms with van der Waals surface area (Å²) in [6.45, 7) is 6.77. The number of anilines is 1. The predicted molar refractivity (Wildman–Crippen MR) is 101 cm³/mol. The van der Waals surface area contributed by atoms with Crippen molar-refractivity contribution < 1.29 is 4.74 Å². The maximum absolute atomic E-state index is 5.27. The minimum absolute atomic E-state index is 0.530. The average molecular weight is 324 g/mol. The fraction of sp³-hybridized carbons (Fsp3) is 0.429. The van der Waals surface area contributed by atoms with Gasteiger partial charge < -0.3 is 9.64 Å². The van der Waals surface area contributed by atoms with Gasteiger partial charge in [0.2, 0.25) is 0 Å². The van der Waals surface area contributed by atoms with E-state index in [-0.39, 0.29) is 0 Å². The molecule has 0 spiro atoms. The molecule has 1 fully saturated rings. The number of nitrogens with zero attached hydrogens (tertiary/aromatic N) is 2. The minimum atomic E-state index is 0.530. The summed E-state index contributed by atoms with van der Waals surface area (Å²) in [5.41, 5.74) is 2.74. The molecule has 0 aliphatic carbocycles. The van der Waals surface area contributed by atoms with E-state index in [0.717, 1.165) is 31.8 Å². The summed E-state index contributed by atoms with van der Waals surface area (Å²) in [7, 11) is 1.72. The van der Waals surface area contributed by atoms with E-state index in [1.54, 1.807) is 7.11 Å². The Hall–Kier alpha value is -2.00. The third-order valence-corrected chi connectivity index (χ3v) is 4.98. The second kappa shape index (κ2) is 8.20. The monoisotopic (exact) mass is 324 g/mol. The van der Waals surface area contributed by atoms with Crippen molar-refractivity contribution in [3.63, 3.8) is 0 Å². The largest absolute Gasteiger partial charge is 0.497 e. The van der Waals surface area contributed by atoms with Crippen LogP contribution in [0.15, 0.2) is 54.6 Å². The molecule has 2 aromatic carbocycles. The molecule has 1 atom stereocenters. The van der Waals surface area contributed by atoms with Crippen molar-refractivity contribution >= 4 is 5.69 Å². The lowest BCUT2D eigenvalue weighted by molar-refractivity contribution is 0.206. The lowest BCUT2D eigenvalue weighted by Gasteiger charge is -2.30. The van der Waals surface area contributed by atoms with E-state index < -0.39 is 0 Å². The summed E-state index contributed by atoms with van der Waals surface area (Å²) >= 11 is 0. The molecule has 0 radical (unpaired) electrons. The highest BCUT2D eigenvalue weighted by Gasteiger charge is 2.22. The van der Waals surface area contributed by atoms with Crippen molar-refractivity contribution in [1.29, 1.82) is 0 Å². The van der Waals surface area contributed by atoms with E-state index in [4.69, 9.17) is 4.74 Å². The predicted octanol–water partition coefficient (Wildman–Crippen LogP) is 4.36.